The van der Waals surface area contributed by atoms with Crippen molar-refractivity contribution in [3.05, 3.63) is 52.9 Å². The molecule has 1 aliphatic heterocycles. The molecule has 2 aromatic rings. The number of ether oxygens (including phenoxy) is 1. The van der Waals surface area contributed by atoms with E-state index in [1.165, 1.54) is 22.6 Å². The summed E-state index contributed by atoms with van der Waals surface area (Å²) in [6, 6.07) is 8.13. The Kier molecular flexibility index (Phi) is 5.17. The van der Waals surface area contributed by atoms with Crippen molar-refractivity contribution in [2.24, 2.45) is 0 Å². The van der Waals surface area contributed by atoms with Crippen LogP contribution in [0.1, 0.15) is 12.8 Å². The van der Waals surface area contributed by atoms with Crippen LogP contribution in [0.4, 0.5) is 10.2 Å². The number of hydrogen-bond acceptors (Lipinski definition) is 4. The van der Waals surface area contributed by atoms with Gasteiger partial charge in [0.05, 0.1) is 17.5 Å². The Bertz CT molecular complexity index is 791. The largest absolute Gasteiger partial charge is 0.376 e. The second-order valence-corrected chi connectivity index (χ2v) is 8.24. The zero-order valence-corrected chi connectivity index (χ0v) is 15.1. The number of aromatic nitrogens is 1. The van der Waals surface area contributed by atoms with Gasteiger partial charge in [-0.25, -0.2) is 22.1 Å². The van der Waals surface area contributed by atoms with Crippen molar-refractivity contribution in [3.8, 4) is 0 Å². The minimum atomic E-state index is -3.86. The van der Waals surface area contributed by atoms with Gasteiger partial charge in [0.15, 0.2) is 0 Å². The molecule has 0 spiro atoms. The third kappa shape index (κ3) is 3.76. The van der Waals surface area contributed by atoms with E-state index in [1.807, 2.05) is 0 Å². The molecule has 24 heavy (non-hydrogen) atoms. The van der Waals surface area contributed by atoms with Crippen LogP contribution in [0.5, 0.6) is 0 Å². The summed E-state index contributed by atoms with van der Waals surface area (Å²) >= 11 is 3.29. The van der Waals surface area contributed by atoms with Crippen LogP contribution < -0.4 is 4.31 Å². The Labute approximate surface area is 148 Å². The quantitative estimate of drug-likeness (QED) is 0.752. The van der Waals surface area contributed by atoms with Gasteiger partial charge < -0.3 is 4.74 Å². The SMILES string of the molecule is O=S(=O)(c1ccc(F)cc1)N(C[C@@H]1CCCO1)c1ccc(Br)cn1. The third-order valence-corrected chi connectivity index (χ3v) is 6.02. The maximum absolute atomic E-state index is 13.1. The van der Waals surface area contributed by atoms with E-state index in [2.05, 4.69) is 20.9 Å². The van der Waals surface area contributed by atoms with Gasteiger partial charge in [0.1, 0.15) is 11.6 Å². The average molecular weight is 415 g/mol. The van der Waals surface area contributed by atoms with Crippen molar-refractivity contribution in [3.63, 3.8) is 0 Å². The number of nitrogens with zero attached hydrogens (tertiary/aromatic N) is 2. The van der Waals surface area contributed by atoms with Gasteiger partial charge in [0.2, 0.25) is 0 Å². The van der Waals surface area contributed by atoms with Gasteiger partial charge in [-0.15, -0.1) is 0 Å². The van der Waals surface area contributed by atoms with Crippen molar-refractivity contribution in [2.45, 2.75) is 23.8 Å². The zero-order valence-electron chi connectivity index (χ0n) is 12.7. The highest BCUT2D eigenvalue weighted by atomic mass is 79.9. The average Bonchev–Trinajstić information content (AvgIpc) is 3.07. The molecule has 3 rings (SSSR count). The van der Waals surface area contributed by atoms with E-state index < -0.39 is 15.8 Å². The number of benzene rings is 1. The molecule has 1 fully saturated rings. The lowest BCUT2D eigenvalue weighted by atomic mass is 10.2. The molecule has 1 aliphatic rings. The van der Waals surface area contributed by atoms with Crippen LogP contribution in [0, 0.1) is 5.82 Å². The molecule has 1 aromatic carbocycles. The highest BCUT2D eigenvalue weighted by Crippen LogP contribution is 2.26. The van der Waals surface area contributed by atoms with Crippen molar-refractivity contribution in [1.29, 1.82) is 0 Å². The summed E-state index contributed by atoms with van der Waals surface area (Å²) < 4.78 is 46.7. The Hall–Kier alpha value is -1.51. The molecule has 8 heteroatoms. The number of rotatable bonds is 5. The molecular weight excluding hydrogens is 399 g/mol. The van der Waals surface area contributed by atoms with Crippen molar-refractivity contribution < 1.29 is 17.5 Å². The first kappa shape index (κ1) is 17.3. The molecule has 0 bridgehead atoms. The van der Waals surface area contributed by atoms with Gasteiger partial charge in [-0.05, 0) is 65.2 Å². The lowest BCUT2D eigenvalue weighted by molar-refractivity contribution is 0.118. The fourth-order valence-electron chi connectivity index (χ4n) is 2.54. The second kappa shape index (κ2) is 7.16. The number of sulfonamides is 1. The smallest absolute Gasteiger partial charge is 0.265 e. The molecule has 128 valence electrons. The van der Waals surface area contributed by atoms with Crippen molar-refractivity contribution >= 4 is 31.8 Å². The van der Waals surface area contributed by atoms with Crippen LogP contribution in [0.3, 0.4) is 0 Å². The van der Waals surface area contributed by atoms with Crippen molar-refractivity contribution in [1.82, 2.24) is 4.98 Å². The first-order valence-corrected chi connectivity index (χ1v) is 9.71. The maximum Gasteiger partial charge on any atom is 0.265 e. The van der Waals surface area contributed by atoms with Crippen LogP contribution >= 0.6 is 15.9 Å². The van der Waals surface area contributed by atoms with Crippen LogP contribution in [0.15, 0.2) is 52.0 Å². The van der Waals surface area contributed by atoms with Gasteiger partial charge in [0, 0.05) is 17.3 Å². The predicted molar refractivity (Wildman–Crippen MR) is 91.8 cm³/mol. The predicted octanol–water partition coefficient (Wildman–Crippen LogP) is 3.36. The fraction of sp³-hybridized carbons (Fsp3) is 0.312. The summed E-state index contributed by atoms with van der Waals surface area (Å²) in [5, 5.41) is 0. The van der Waals surface area contributed by atoms with E-state index in [1.54, 1.807) is 12.1 Å². The topological polar surface area (TPSA) is 59.5 Å². The Morgan fingerprint density at radius 2 is 2.00 bits per heavy atom. The van der Waals surface area contributed by atoms with E-state index in [9.17, 15) is 12.8 Å². The molecule has 0 amide bonds. The van der Waals surface area contributed by atoms with E-state index in [-0.39, 0.29) is 17.5 Å². The van der Waals surface area contributed by atoms with Gasteiger partial charge >= 0.3 is 0 Å². The second-order valence-electron chi connectivity index (χ2n) is 5.46. The van der Waals surface area contributed by atoms with Gasteiger partial charge in [-0.2, -0.15) is 0 Å². The van der Waals surface area contributed by atoms with Crippen LogP contribution in [0.25, 0.3) is 0 Å². The zero-order chi connectivity index (χ0) is 17.2. The highest BCUT2D eigenvalue weighted by molar-refractivity contribution is 9.10. The lowest BCUT2D eigenvalue weighted by Gasteiger charge is -2.26. The summed E-state index contributed by atoms with van der Waals surface area (Å²) in [7, 11) is -3.86. The Balaban J connectivity index is 1.98. The maximum atomic E-state index is 13.1. The molecule has 0 unspecified atom stereocenters. The van der Waals surface area contributed by atoms with Gasteiger partial charge in [-0.1, -0.05) is 0 Å². The van der Waals surface area contributed by atoms with Crippen LogP contribution in [-0.2, 0) is 14.8 Å². The number of hydrogen-bond donors (Lipinski definition) is 0. The molecule has 0 aliphatic carbocycles. The molecule has 5 nitrogen and oxygen atoms in total. The van der Waals surface area contributed by atoms with Crippen molar-refractivity contribution in [2.75, 3.05) is 17.5 Å². The standard InChI is InChI=1S/C16H16BrFN2O3S/c17-12-3-8-16(19-10-12)20(11-14-2-1-9-23-14)24(21,22)15-6-4-13(18)5-7-15/h3-8,10,14H,1-2,9,11H2/t14-/m0/s1. The summed E-state index contributed by atoms with van der Waals surface area (Å²) in [6.45, 7) is 0.803. The normalized spacial score (nSPS) is 17.8. The van der Waals surface area contributed by atoms with Gasteiger partial charge in [-0.3, -0.25) is 0 Å². The van der Waals surface area contributed by atoms with E-state index in [4.69, 9.17) is 4.74 Å². The summed E-state index contributed by atoms with van der Waals surface area (Å²) in [6.07, 6.45) is 3.07. The van der Waals surface area contributed by atoms with E-state index >= 15 is 0 Å². The van der Waals surface area contributed by atoms with Crippen LogP contribution in [-0.4, -0.2) is 32.7 Å². The molecular formula is C16H16BrFN2O3S. The number of anilines is 1. The minimum absolute atomic E-state index is 0.0200. The summed E-state index contributed by atoms with van der Waals surface area (Å²) in [5.41, 5.74) is 0. The Morgan fingerprint density at radius 3 is 2.58 bits per heavy atom. The van der Waals surface area contributed by atoms with E-state index in [0.29, 0.717) is 12.4 Å². The molecule has 0 radical (unpaired) electrons. The molecule has 1 aromatic heterocycles. The number of pyridine rings is 1. The highest BCUT2D eigenvalue weighted by Gasteiger charge is 2.30. The molecule has 1 saturated heterocycles. The molecule has 2 heterocycles. The van der Waals surface area contributed by atoms with E-state index in [0.717, 1.165) is 29.4 Å². The summed E-state index contributed by atoms with van der Waals surface area (Å²) in [4.78, 5) is 4.22. The molecule has 0 saturated carbocycles. The third-order valence-electron chi connectivity index (χ3n) is 3.76. The first-order valence-electron chi connectivity index (χ1n) is 7.48. The minimum Gasteiger partial charge on any atom is -0.376 e. The fourth-order valence-corrected chi connectivity index (χ4v) is 4.22. The molecule has 0 N–H and O–H groups in total. The first-order chi connectivity index (χ1) is 11.5. The monoisotopic (exact) mass is 414 g/mol. The molecule has 1 atom stereocenters. The Morgan fingerprint density at radius 1 is 1.25 bits per heavy atom. The lowest BCUT2D eigenvalue weighted by Crippen LogP contribution is -2.38. The van der Waals surface area contributed by atoms with Gasteiger partial charge in [0.25, 0.3) is 10.0 Å². The van der Waals surface area contributed by atoms with Crippen LogP contribution in [0.2, 0.25) is 0 Å². The number of halogens is 2. The summed E-state index contributed by atoms with van der Waals surface area (Å²) in [5.74, 6) is -0.181.